The van der Waals surface area contributed by atoms with Crippen LogP contribution in [0.2, 0.25) is 0 Å². The van der Waals surface area contributed by atoms with Crippen molar-refractivity contribution in [2.75, 3.05) is 32.6 Å². The highest BCUT2D eigenvalue weighted by Crippen LogP contribution is 2.38. The first-order valence-electron chi connectivity index (χ1n) is 10.0. The van der Waals surface area contributed by atoms with Gasteiger partial charge < -0.3 is 19.1 Å². The van der Waals surface area contributed by atoms with Crippen LogP contribution >= 0.6 is 0 Å². The van der Waals surface area contributed by atoms with E-state index in [1.165, 1.54) is 12.1 Å². The van der Waals surface area contributed by atoms with Gasteiger partial charge in [0.05, 0.1) is 24.2 Å². The Morgan fingerprint density at radius 2 is 1.90 bits per heavy atom. The summed E-state index contributed by atoms with van der Waals surface area (Å²) in [6, 6.07) is 12.0. The number of nitrogens with zero attached hydrogens (tertiary/aromatic N) is 1. The van der Waals surface area contributed by atoms with E-state index in [0.29, 0.717) is 25.5 Å². The molecule has 0 radical (unpaired) electrons. The van der Waals surface area contributed by atoms with Crippen LogP contribution in [0, 0.1) is 0 Å². The molecule has 0 bridgehead atoms. The van der Waals surface area contributed by atoms with Crippen LogP contribution in [0.1, 0.15) is 30.9 Å². The van der Waals surface area contributed by atoms with Crippen molar-refractivity contribution in [3.8, 4) is 17.2 Å². The van der Waals surface area contributed by atoms with Gasteiger partial charge in [-0.05, 0) is 48.7 Å². The third kappa shape index (κ3) is 4.53. The molecule has 160 valence electrons. The maximum atomic E-state index is 12.9. The number of rotatable bonds is 5. The van der Waals surface area contributed by atoms with E-state index in [4.69, 9.17) is 14.2 Å². The predicted octanol–water partition coefficient (Wildman–Crippen LogP) is 2.99. The Morgan fingerprint density at radius 3 is 2.70 bits per heavy atom. The molecule has 30 heavy (non-hydrogen) atoms. The highest BCUT2D eigenvalue weighted by molar-refractivity contribution is 7.90. The number of carbonyl (C=O) groups is 1. The molecule has 0 aliphatic carbocycles. The topological polar surface area (TPSA) is 82.1 Å². The summed E-state index contributed by atoms with van der Waals surface area (Å²) < 4.78 is 40.5. The molecule has 7 nitrogen and oxygen atoms in total. The molecule has 2 aromatic rings. The third-order valence-electron chi connectivity index (χ3n) is 5.33. The zero-order chi connectivity index (χ0) is 21.1. The van der Waals surface area contributed by atoms with Crippen molar-refractivity contribution in [1.29, 1.82) is 0 Å². The second kappa shape index (κ2) is 8.55. The Balaban J connectivity index is 1.45. The molecule has 0 spiro atoms. The van der Waals surface area contributed by atoms with Gasteiger partial charge in [0.1, 0.15) is 5.75 Å². The number of carbonyl (C=O) groups excluding carboxylic acids is 1. The summed E-state index contributed by atoms with van der Waals surface area (Å²) in [4.78, 5) is 14.8. The number of amides is 1. The number of sulfone groups is 1. The molecule has 0 N–H and O–H groups in total. The summed E-state index contributed by atoms with van der Waals surface area (Å²) in [5.41, 5.74) is 1.02. The fourth-order valence-electron chi connectivity index (χ4n) is 3.82. The van der Waals surface area contributed by atoms with E-state index in [1.807, 2.05) is 23.1 Å². The lowest BCUT2D eigenvalue weighted by molar-refractivity contribution is -0.134. The molecule has 1 amide bonds. The summed E-state index contributed by atoms with van der Waals surface area (Å²) in [6.07, 6.45) is 3.76. The molecule has 1 saturated heterocycles. The number of hydrogen-bond donors (Lipinski definition) is 0. The molecule has 2 heterocycles. The van der Waals surface area contributed by atoms with Gasteiger partial charge in [0.2, 0.25) is 0 Å². The lowest BCUT2D eigenvalue weighted by atomic mass is 10.0. The van der Waals surface area contributed by atoms with Crippen LogP contribution in [-0.2, 0) is 14.6 Å². The Morgan fingerprint density at radius 1 is 1.10 bits per heavy atom. The highest BCUT2D eigenvalue weighted by Gasteiger charge is 2.31. The molecule has 8 heteroatoms. The average Bonchev–Trinajstić information content (AvgIpc) is 3.10. The monoisotopic (exact) mass is 431 g/mol. The van der Waals surface area contributed by atoms with E-state index in [2.05, 4.69) is 0 Å². The van der Waals surface area contributed by atoms with E-state index in [-0.39, 0.29) is 23.5 Å². The maximum absolute atomic E-state index is 12.9. The van der Waals surface area contributed by atoms with Crippen LogP contribution < -0.4 is 14.2 Å². The zero-order valence-corrected chi connectivity index (χ0v) is 17.7. The minimum atomic E-state index is -3.33. The van der Waals surface area contributed by atoms with Gasteiger partial charge in [-0.25, -0.2) is 8.42 Å². The molecular formula is C22H25NO6S. The highest BCUT2D eigenvalue weighted by atomic mass is 32.2. The number of benzene rings is 2. The number of hydrogen-bond acceptors (Lipinski definition) is 6. The number of ether oxygens (including phenoxy) is 3. The molecule has 0 saturated carbocycles. The minimum Gasteiger partial charge on any atom is -0.490 e. The standard InChI is InChI=1S/C22H25NO6S/c1-30(25,26)18-6-2-5-17(14-18)29-15-22(24)23-10-3-7-19(23)16-8-9-20-21(13-16)28-12-4-11-27-20/h2,5-6,8-9,13-14,19H,3-4,7,10-12,15H2,1H3/t19-/m0/s1. The first kappa shape index (κ1) is 20.5. The van der Waals surface area contributed by atoms with Crippen LogP contribution in [0.3, 0.4) is 0 Å². The van der Waals surface area contributed by atoms with E-state index in [0.717, 1.165) is 42.6 Å². The summed E-state index contributed by atoms with van der Waals surface area (Å²) >= 11 is 0. The Bertz CT molecular complexity index is 1040. The van der Waals surface area contributed by atoms with Crippen LogP contribution in [0.15, 0.2) is 47.4 Å². The first-order valence-corrected chi connectivity index (χ1v) is 11.9. The quantitative estimate of drug-likeness (QED) is 0.724. The van der Waals surface area contributed by atoms with Crippen molar-refractivity contribution >= 4 is 15.7 Å². The predicted molar refractivity (Wildman–Crippen MR) is 111 cm³/mol. The normalized spacial score (nSPS) is 18.7. The van der Waals surface area contributed by atoms with Crippen molar-refractivity contribution in [3.05, 3.63) is 48.0 Å². The first-order chi connectivity index (χ1) is 14.4. The van der Waals surface area contributed by atoms with Crippen molar-refractivity contribution in [3.63, 3.8) is 0 Å². The van der Waals surface area contributed by atoms with Gasteiger partial charge in [-0.1, -0.05) is 12.1 Å². The van der Waals surface area contributed by atoms with Gasteiger partial charge in [0, 0.05) is 19.2 Å². The fourth-order valence-corrected chi connectivity index (χ4v) is 4.48. The molecule has 2 aliphatic rings. The Hall–Kier alpha value is -2.74. The van der Waals surface area contributed by atoms with E-state index in [9.17, 15) is 13.2 Å². The second-order valence-corrected chi connectivity index (χ2v) is 9.55. The van der Waals surface area contributed by atoms with Crippen LogP contribution in [0.4, 0.5) is 0 Å². The van der Waals surface area contributed by atoms with Gasteiger partial charge in [-0.2, -0.15) is 0 Å². The van der Waals surface area contributed by atoms with Crippen molar-refractivity contribution in [2.24, 2.45) is 0 Å². The summed E-state index contributed by atoms with van der Waals surface area (Å²) in [6.45, 7) is 1.77. The fraction of sp³-hybridized carbons (Fsp3) is 0.409. The Labute approximate surface area is 176 Å². The van der Waals surface area contributed by atoms with Crippen LogP contribution in [0.5, 0.6) is 17.2 Å². The molecule has 2 aromatic carbocycles. The van der Waals surface area contributed by atoms with Crippen molar-refractivity contribution in [2.45, 2.75) is 30.2 Å². The minimum absolute atomic E-state index is 0.0411. The maximum Gasteiger partial charge on any atom is 0.261 e. The average molecular weight is 432 g/mol. The van der Waals surface area contributed by atoms with Crippen LogP contribution in [0.25, 0.3) is 0 Å². The van der Waals surface area contributed by atoms with Gasteiger partial charge >= 0.3 is 0 Å². The number of fused-ring (bicyclic) bond motifs is 1. The van der Waals surface area contributed by atoms with E-state index in [1.54, 1.807) is 12.1 Å². The summed E-state index contributed by atoms with van der Waals surface area (Å²) in [5, 5.41) is 0. The van der Waals surface area contributed by atoms with Crippen molar-refractivity contribution < 1.29 is 27.4 Å². The SMILES string of the molecule is CS(=O)(=O)c1cccc(OCC(=O)N2CCC[C@H]2c2ccc3c(c2)OCCCO3)c1. The summed E-state index contributed by atoms with van der Waals surface area (Å²) in [5.74, 6) is 1.69. The lowest BCUT2D eigenvalue weighted by Gasteiger charge is -2.25. The van der Waals surface area contributed by atoms with E-state index >= 15 is 0 Å². The molecule has 1 fully saturated rings. The molecular weight excluding hydrogens is 406 g/mol. The lowest BCUT2D eigenvalue weighted by Crippen LogP contribution is -2.34. The smallest absolute Gasteiger partial charge is 0.261 e. The molecule has 0 unspecified atom stereocenters. The molecule has 4 rings (SSSR count). The number of likely N-dealkylation sites (tertiary alicyclic amines) is 1. The largest absolute Gasteiger partial charge is 0.490 e. The Kier molecular flexibility index (Phi) is 5.85. The molecule has 2 aliphatic heterocycles. The van der Waals surface area contributed by atoms with Crippen LogP contribution in [-0.4, -0.2) is 51.8 Å². The second-order valence-electron chi connectivity index (χ2n) is 7.54. The van der Waals surface area contributed by atoms with Gasteiger partial charge in [-0.3, -0.25) is 4.79 Å². The zero-order valence-electron chi connectivity index (χ0n) is 16.9. The van der Waals surface area contributed by atoms with E-state index < -0.39 is 9.84 Å². The third-order valence-corrected chi connectivity index (χ3v) is 6.44. The van der Waals surface area contributed by atoms with Gasteiger partial charge in [-0.15, -0.1) is 0 Å². The van der Waals surface area contributed by atoms with Gasteiger partial charge in [0.25, 0.3) is 5.91 Å². The van der Waals surface area contributed by atoms with Gasteiger partial charge in [0.15, 0.2) is 27.9 Å². The molecule has 0 aromatic heterocycles. The summed E-state index contributed by atoms with van der Waals surface area (Å²) in [7, 11) is -3.33. The van der Waals surface area contributed by atoms with Crippen molar-refractivity contribution in [1.82, 2.24) is 4.90 Å². The molecule has 1 atom stereocenters.